The van der Waals surface area contributed by atoms with E-state index in [0.29, 0.717) is 18.1 Å². The van der Waals surface area contributed by atoms with Crippen molar-refractivity contribution < 1.29 is 4.74 Å². The van der Waals surface area contributed by atoms with Gasteiger partial charge in [-0.25, -0.2) is 0 Å². The number of ether oxygens (including phenoxy) is 1. The van der Waals surface area contributed by atoms with Crippen LogP contribution < -0.4 is 5.73 Å². The van der Waals surface area contributed by atoms with Crippen LogP contribution in [0.15, 0.2) is 0 Å². The van der Waals surface area contributed by atoms with Crippen LogP contribution in [0.4, 0.5) is 0 Å². The van der Waals surface area contributed by atoms with E-state index in [1.54, 1.807) is 0 Å². The Morgan fingerprint density at radius 2 is 2.12 bits per heavy atom. The number of nitrogens with two attached hydrogens (primary N) is 1. The minimum atomic E-state index is 0.338. The van der Waals surface area contributed by atoms with Gasteiger partial charge in [-0.05, 0) is 45.2 Å². The Balaban J connectivity index is 2.03. The van der Waals surface area contributed by atoms with Crippen molar-refractivity contribution in [1.82, 2.24) is 4.90 Å². The summed E-state index contributed by atoms with van der Waals surface area (Å²) in [6.45, 7) is 7.59. The van der Waals surface area contributed by atoms with Crippen molar-refractivity contribution in [2.45, 2.75) is 51.7 Å². The molecule has 0 saturated carbocycles. The summed E-state index contributed by atoms with van der Waals surface area (Å²) in [6, 6.07) is 0.338. The van der Waals surface area contributed by atoms with E-state index in [1.165, 1.54) is 19.3 Å². The summed E-state index contributed by atoms with van der Waals surface area (Å²) >= 11 is 0. The zero-order valence-corrected chi connectivity index (χ0v) is 11.1. The van der Waals surface area contributed by atoms with E-state index >= 15 is 0 Å². The lowest BCUT2D eigenvalue weighted by Gasteiger charge is -2.22. The van der Waals surface area contributed by atoms with Crippen LogP contribution in [-0.4, -0.2) is 43.8 Å². The van der Waals surface area contributed by atoms with Crippen molar-refractivity contribution in [3.63, 3.8) is 0 Å². The molecule has 0 amide bonds. The second-order valence-electron chi connectivity index (χ2n) is 5.42. The van der Waals surface area contributed by atoms with Crippen LogP contribution in [-0.2, 0) is 4.74 Å². The zero-order valence-electron chi connectivity index (χ0n) is 11.1. The summed E-state index contributed by atoms with van der Waals surface area (Å²) < 4.78 is 5.62. The summed E-state index contributed by atoms with van der Waals surface area (Å²) in [6.07, 6.45) is 5.28. The Morgan fingerprint density at radius 1 is 1.38 bits per heavy atom. The van der Waals surface area contributed by atoms with Crippen molar-refractivity contribution in [3.8, 4) is 0 Å². The number of hydrogen-bond donors (Lipinski definition) is 1. The molecule has 1 fully saturated rings. The van der Waals surface area contributed by atoms with Crippen molar-refractivity contribution in [3.05, 3.63) is 0 Å². The van der Waals surface area contributed by atoms with Crippen LogP contribution in [0.5, 0.6) is 0 Å². The normalized spacial score (nSPS) is 23.2. The average molecular weight is 228 g/mol. The third kappa shape index (κ3) is 5.28. The number of hydrogen-bond acceptors (Lipinski definition) is 3. The second-order valence-corrected chi connectivity index (χ2v) is 5.42. The summed E-state index contributed by atoms with van der Waals surface area (Å²) in [7, 11) is 2.18. The number of nitrogens with zero attached hydrogens (tertiary/aromatic N) is 1. The van der Waals surface area contributed by atoms with Crippen LogP contribution in [0, 0.1) is 5.92 Å². The molecule has 1 saturated heterocycles. The first-order valence-corrected chi connectivity index (χ1v) is 6.65. The van der Waals surface area contributed by atoms with Crippen molar-refractivity contribution in [1.29, 1.82) is 0 Å². The Labute approximate surface area is 100 Å². The van der Waals surface area contributed by atoms with Crippen molar-refractivity contribution >= 4 is 0 Å². The van der Waals surface area contributed by atoms with Crippen LogP contribution in [0.2, 0.25) is 0 Å². The van der Waals surface area contributed by atoms with E-state index in [-0.39, 0.29) is 0 Å². The fraction of sp³-hybridized carbons (Fsp3) is 1.00. The van der Waals surface area contributed by atoms with Gasteiger partial charge in [0, 0.05) is 19.2 Å². The average Bonchev–Trinajstić information content (AvgIpc) is 2.75. The maximum atomic E-state index is 6.03. The van der Waals surface area contributed by atoms with E-state index < -0.39 is 0 Å². The lowest BCUT2D eigenvalue weighted by atomic mass is 10.0. The van der Waals surface area contributed by atoms with Gasteiger partial charge in [0.1, 0.15) is 0 Å². The predicted molar refractivity (Wildman–Crippen MR) is 68.5 cm³/mol. The molecular formula is C13H28N2O. The molecule has 0 bridgehead atoms. The highest BCUT2D eigenvalue weighted by molar-refractivity contribution is 4.69. The maximum absolute atomic E-state index is 6.03. The van der Waals surface area contributed by atoms with Gasteiger partial charge in [-0.2, -0.15) is 0 Å². The molecule has 1 aliphatic heterocycles. The molecule has 2 atom stereocenters. The second kappa shape index (κ2) is 7.25. The maximum Gasteiger partial charge on any atom is 0.0588 e. The molecule has 2 N–H and O–H groups in total. The summed E-state index contributed by atoms with van der Waals surface area (Å²) in [5.74, 6) is 0.589. The summed E-state index contributed by atoms with van der Waals surface area (Å²) in [5.41, 5.74) is 6.03. The minimum absolute atomic E-state index is 0.338. The molecular weight excluding hydrogens is 200 g/mol. The highest BCUT2D eigenvalue weighted by Gasteiger charge is 2.16. The smallest absolute Gasteiger partial charge is 0.0588 e. The van der Waals surface area contributed by atoms with Gasteiger partial charge < -0.3 is 15.4 Å². The van der Waals surface area contributed by atoms with E-state index in [9.17, 15) is 0 Å². The van der Waals surface area contributed by atoms with Gasteiger partial charge in [-0.3, -0.25) is 0 Å². The van der Waals surface area contributed by atoms with Gasteiger partial charge in [0.2, 0.25) is 0 Å². The van der Waals surface area contributed by atoms with Gasteiger partial charge in [0.05, 0.1) is 6.10 Å². The zero-order chi connectivity index (χ0) is 12.0. The van der Waals surface area contributed by atoms with Crippen molar-refractivity contribution in [2.24, 2.45) is 11.7 Å². The van der Waals surface area contributed by atoms with Gasteiger partial charge in [0.15, 0.2) is 0 Å². The monoisotopic (exact) mass is 228 g/mol. The van der Waals surface area contributed by atoms with E-state index in [2.05, 4.69) is 25.8 Å². The SMILES string of the molecule is CC(C)C(N)CCN(C)CCC1CCCO1. The van der Waals surface area contributed by atoms with Gasteiger partial charge in [0.25, 0.3) is 0 Å². The Morgan fingerprint density at radius 3 is 2.69 bits per heavy atom. The Hall–Kier alpha value is -0.120. The lowest BCUT2D eigenvalue weighted by molar-refractivity contribution is 0.0946. The van der Waals surface area contributed by atoms with Crippen molar-refractivity contribution in [2.75, 3.05) is 26.7 Å². The lowest BCUT2D eigenvalue weighted by Crippen LogP contribution is -2.32. The molecule has 3 heteroatoms. The first-order valence-electron chi connectivity index (χ1n) is 6.65. The molecule has 0 spiro atoms. The third-order valence-corrected chi connectivity index (χ3v) is 3.56. The molecule has 0 aliphatic carbocycles. The molecule has 0 aromatic carbocycles. The summed E-state index contributed by atoms with van der Waals surface area (Å²) in [5, 5.41) is 0. The van der Waals surface area contributed by atoms with Crippen LogP contribution in [0.3, 0.4) is 0 Å². The fourth-order valence-corrected chi connectivity index (χ4v) is 2.05. The quantitative estimate of drug-likeness (QED) is 0.723. The minimum Gasteiger partial charge on any atom is -0.378 e. The highest BCUT2D eigenvalue weighted by atomic mass is 16.5. The first kappa shape index (κ1) is 13.9. The van der Waals surface area contributed by atoms with Gasteiger partial charge >= 0.3 is 0 Å². The molecule has 16 heavy (non-hydrogen) atoms. The Bertz CT molecular complexity index is 173. The molecule has 3 nitrogen and oxygen atoms in total. The number of rotatable bonds is 7. The molecule has 0 aromatic rings. The predicted octanol–water partition coefficient (Wildman–Crippen LogP) is 1.86. The highest BCUT2D eigenvalue weighted by Crippen LogP contribution is 2.15. The topological polar surface area (TPSA) is 38.5 Å². The first-order chi connectivity index (χ1) is 7.59. The van der Waals surface area contributed by atoms with Crippen LogP contribution >= 0.6 is 0 Å². The molecule has 1 heterocycles. The molecule has 0 aromatic heterocycles. The largest absolute Gasteiger partial charge is 0.378 e. The van der Waals surface area contributed by atoms with Gasteiger partial charge in [-0.15, -0.1) is 0 Å². The molecule has 96 valence electrons. The Kier molecular flexibility index (Phi) is 6.32. The third-order valence-electron chi connectivity index (χ3n) is 3.56. The summed E-state index contributed by atoms with van der Waals surface area (Å²) in [4.78, 5) is 2.38. The fourth-order valence-electron chi connectivity index (χ4n) is 2.05. The van der Waals surface area contributed by atoms with E-state index in [4.69, 9.17) is 10.5 Å². The molecule has 2 unspecified atom stereocenters. The van der Waals surface area contributed by atoms with Gasteiger partial charge in [-0.1, -0.05) is 13.8 Å². The molecule has 1 rings (SSSR count). The van der Waals surface area contributed by atoms with E-state index in [1.807, 2.05) is 0 Å². The van der Waals surface area contributed by atoms with Crippen LogP contribution in [0.1, 0.15) is 39.5 Å². The van der Waals surface area contributed by atoms with E-state index in [0.717, 1.165) is 26.1 Å². The van der Waals surface area contributed by atoms with Crippen LogP contribution in [0.25, 0.3) is 0 Å². The molecule has 1 aliphatic rings. The standard InChI is InChI=1S/C13H28N2O/c1-11(2)13(14)7-9-15(3)8-6-12-5-4-10-16-12/h11-13H,4-10,14H2,1-3H3. The molecule has 0 radical (unpaired) electrons.